The van der Waals surface area contributed by atoms with E-state index in [1.54, 1.807) is 25.7 Å². The molecule has 2 aromatic carbocycles. The summed E-state index contributed by atoms with van der Waals surface area (Å²) in [6, 6.07) is 14.5. The molecule has 0 radical (unpaired) electrons. The minimum atomic E-state index is -0.852. The molecule has 0 saturated heterocycles. The molecule has 0 bridgehead atoms. The van der Waals surface area contributed by atoms with E-state index in [9.17, 15) is 14.4 Å². The molecular formula is C31H45N3O4. The maximum Gasteiger partial charge on any atom is 0.408 e. The van der Waals surface area contributed by atoms with Gasteiger partial charge < -0.3 is 20.3 Å². The standard InChI is InChI=1S/C31H45N3O4/c1-21(2)17-18-24(5)34(26(35)20-33-30(37)38-31(6,7)8)28(27-22(3)13-12-14-23(27)4)29(36)32-19-25-15-10-9-11-16-25/h9-16,21,24,28H,17-20H2,1-8H3,(H,32,36)(H,33,37). The van der Waals surface area contributed by atoms with Crippen molar-refractivity contribution < 1.29 is 19.1 Å². The zero-order chi connectivity index (χ0) is 28.5. The van der Waals surface area contributed by atoms with Crippen LogP contribution in [0.5, 0.6) is 0 Å². The van der Waals surface area contributed by atoms with Crippen molar-refractivity contribution in [2.45, 2.75) is 92.5 Å². The van der Waals surface area contributed by atoms with Crippen molar-refractivity contribution in [2.75, 3.05) is 6.54 Å². The van der Waals surface area contributed by atoms with E-state index in [-0.39, 0.29) is 24.4 Å². The number of benzene rings is 2. The number of alkyl carbamates (subject to hydrolysis) is 1. The van der Waals surface area contributed by atoms with E-state index in [0.717, 1.165) is 35.1 Å². The van der Waals surface area contributed by atoms with Crippen LogP contribution in [0.1, 0.15) is 82.7 Å². The number of carbonyl (C=O) groups is 3. The third kappa shape index (κ3) is 9.51. The van der Waals surface area contributed by atoms with E-state index in [1.807, 2.05) is 69.3 Å². The molecule has 7 nitrogen and oxygen atoms in total. The van der Waals surface area contributed by atoms with Crippen LogP contribution in [-0.2, 0) is 20.9 Å². The van der Waals surface area contributed by atoms with Crippen molar-refractivity contribution in [3.05, 3.63) is 70.8 Å². The fraction of sp³-hybridized carbons (Fsp3) is 0.516. The molecular weight excluding hydrogens is 478 g/mol. The zero-order valence-electron chi connectivity index (χ0n) is 24.3. The first kappa shape index (κ1) is 30.9. The highest BCUT2D eigenvalue weighted by Gasteiger charge is 2.36. The van der Waals surface area contributed by atoms with E-state index in [4.69, 9.17) is 4.74 Å². The predicted octanol–water partition coefficient (Wildman–Crippen LogP) is 5.84. The molecule has 2 atom stereocenters. The monoisotopic (exact) mass is 523 g/mol. The average Bonchev–Trinajstić information content (AvgIpc) is 2.83. The lowest BCUT2D eigenvalue weighted by Gasteiger charge is -2.38. The maximum atomic E-state index is 13.9. The molecule has 0 spiro atoms. The van der Waals surface area contributed by atoms with Gasteiger partial charge in [0.1, 0.15) is 18.2 Å². The highest BCUT2D eigenvalue weighted by atomic mass is 16.6. The molecule has 0 aliphatic rings. The van der Waals surface area contributed by atoms with Gasteiger partial charge in [-0.1, -0.05) is 62.4 Å². The molecule has 7 heteroatoms. The number of carbonyl (C=O) groups excluding carboxylic acids is 3. The topological polar surface area (TPSA) is 87.7 Å². The largest absolute Gasteiger partial charge is 0.444 e. The minimum Gasteiger partial charge on any atom is -0.444 e. The van der Waals surface area contributed by atoms with Gasteiger partial charge in [0, 0.05) is 12.6 Å². The number of nitrogens with zero attached hydrogens (tertiary/aromatic N) is 1. The van der Waals surface area contributed by atoms with Crippen LogP contribution in [0.2, 0.25) is 0 Å². The fourth-order valence-corrected chi connectivity index (χ4v) is 4.45. The van der Waals surface area contributed by atoms with Gasteiger partial charge in [0.2, 0.25) is 11.8 Å². The normalized spacial score (nSPS) is 13.0. The number of amides is 3. The van der Waals surface area contributed by atoms with Gasteiger partial charge in [-0.15, -0.1) is 0 Å². The summed E-state index contributed by atoms with van der Waals surface area (Å²) in [6.07, 6.45) is 0.955. The Hall–Kier alpha value is -3.35. The Labute approximate surface area is 228 Å². The summed E-state index contributed by atoms with van der Waals surface area (Å²) in [5, 5.41) is 5.65. The Bertz CT molecular complexity index is 1060. The second kappa shape index (κ2) is 14.0. The lowest BCUT2D eigenvalue weighted by molar-refractivity contribution is -0.143. The Kier molecular flexibility index (Phi) is 11.4. The SMILES string of the molecule is Cc1cccc(C)c1C(C(=O)NCc1ccccc1)N(C(=O)CNC(=O)OC(C)(C)C)C(C)CCC(C)C. The van der Waals surface area contributed by atoms with Crippen molar-refractivity contribution in [1.29, 1.82) is 0 Å². The molecule has 3 amide bonds. The van der Waals surface area contributed by atoms with Crippen LogP contribution in [0, 0.1) is 19.8 Å². The summed E-state index contributed by atoms with van der Waals surface area (Å²) >= 11 is 0. The summed E-state index contributed by atoms with van der Waals surface area (Å²) in [4.78, 5) is 41.7. The van der Waals surface area contributed by atoms with Gasteiger partial charge in [-0.3, -0.25) is 9.59 Å². The third-order valence-electron chi connectivity index (χ3n) is 6.36. The Balaban J connectivity index is 2.45. The van der Waals surface area contributed by atoms with Crippen LogP contribution in [0.15, 0.2) is 48.5 Å². The molecule has 0 saturated carbocycles. The molecule has 0 aliphatic carbocycles. The van der Waals surface area contributed by atoms with E-state index < -0.39 is 17.7 Å². The van der Waals surface area contributed by atoms with Crippen LogP contribution < -0.4 is 10.6 Å². The van der Waals surface area contributed by atoms with Crippen LogP contribution in [0.25, 0.3) is 0 Å². The Morgan fingerprint density at radius 2 is 1.47 bits per heavy atom. The van der Waals surface area contributed by atoms with Gasteiger partial charge in [-0.2, -0.15) is 0 Å². The fourth-order valence-electron chi connectivity index (χ4n) is 4.45. The number of rotatable bonds is 11. The number of hydrogen-bond acceptors (Lipinski definition) is 4. The first-order valence-corrected chi connectivity index (χ1v) is 13.5. The summed E-state index contributed by atoms with van der Waals surface area (Å²) in [5.74, 6) is -0.150. The molecule has 2 unspecified atom stereocenters. The average molecular weight is 524 g/mol. The van der Waals surface area contributed by atoms with E-state index in [1.165, 1.54) is 0 Å². The van der Waals surface area contributed by atoms with Crippen molar-refractivity contribution in [3.63, 3.8) is 0 Å². The van der Waals surface area contributed by atoms with Gasteiger partial charge in [-0.25, -0.2) is 4.79 Å². The molecule has 208 valence electrons. The van der Waals surface area contributed by atoms with Crippen LogP contribution in [-0.4, -0.2) is 41.0 Å². The first-order valence-electron chi connectivity index (χ1n) is 13.5. The molecule has 2 aromatic rings. The molecule has 2 N–H and O–H groups in total. The quantitative estimate of drug-likeness (QED) is 0.387. The molecule has 38 heavy (non-hydrogen) atoms. The lowest BCUT2D eigenvalue weighted by Crippen LogP contribution is -2.51. The zero-order valence-corrected chi connectivity index (χ0v) is 24.3. The van der Waals surface area contributed by atoms with E-state index in [0.29, 0.717) is 12.5 Å². The van der Waals surface area contributed by atoms with E-state index in [2.05, 4.69) is 24.5 Å². The molecule has 0 heterocycles. The van der Waals surface area contributed by atoms with Gasteiger partial charge >= 0.3 is 6.09 Å². The highest BCUT2D eigenvalue weighted by Crippen LogP contribution is 2.31. The lowest BCUT2D eigenvalue weighted by atomic mass is 9.92. The van der Waals surface area contributed by atoms with Gasteiger partial charge in [0.05, 0.1) is 0 Å². The molecule has 2 rings (SSSR count). The highest BCUT2D eigenvalue weighted by molar-refractivity contribution is 5.91. The van der Waals surface area contributed by atoms with Gasteiger partial charge in [-0.05, 0) is 82.6 Å². The maximum absolute atomic E-state index is 13.9. The second-order valence-electron chi connectivity index (χ2n) is 11.4. The summed E-state index contributed by atoms with van der Waals surface area (Å²) in [5.41, 5.74) is 2.95. The van der Waals surface area contributed by atoms with Crippen molar-refractivity contribution in [3.8, 4) is 0 Å². The first-order chi connectivity index (χ1) is 17.8. The second-order valence-corrected chi connectivity index (χ2v) is 11.4. The Morgan fingerprint density at radius 3 is 2.03 bits per heavy atom. The van der Waals surface area contributed by atoms with Gasteiger partial charge in [0.25, 0.3) is 0 Å². The van der Waals surface area contributed by atoms with Crippen LogP contribution in [0.4, 0.5) is 4.79 Å². The summed E-state index contributed by atoms with van der Waals surface area (Å²) < 4.78 is 5.33. The number of ether oxygens (including phenoxy) is 1. The van der Waals surface area contributed by atoms with Crippen LogP contribution >= 0.6 is 0 Å². The number of hydrogen-bond donors (Lipinski definition) is 2. The molecule has 0 aliphatic heterocycles. The molecule has 0 aromatic heterocycles. The number of nitrogens with one attached hydrogen (secondary N) is 2. The predicted molar refractivity (Wildman–Crippen MR) is 152 cm³/mol. The minimum absolute atomic E-state index is 0.239. The summed E-state index contributed by atoms with van der Waals surface area (Å²) in [7, 11) is 0. The summed E-state index contributed by atoms with van der Waals surface area (Å²) in [6.45, 7) is 15.5. The van der Waals surface area contributed by atoms with E-state index >= 15 is 0 Å². The van der Waals surface area contributed by atoms with Crippen LogP contribution in [0.3, 0.4) is 0 Å². The van der Waals surface area contributed by atoms with Crippen molar-refractivity contribution in [2.24, 2.45) is 5.92 Å². The molecule has 0 fully saturated rings. The van der Waals surface area contributed by atoms with Gasteiger partial charge in [0.15, 0.2) is 0 Å². The third-order valence-corrected chi connectivity index (χ3v) is 6.36. The van der Waals surface area contributed by atoms with Crippen molar-refractivity contribution >= 4 is 17.9 Å². The van der Waals surface area contributed by atoms with Crippen molar-refractivity contribution in [1.82, 2.24) is 15.5 Å². The smallest absolute Gasteiger partial charge is 0.408 e. The Morgan fingerprint density at radius 1 is 0.868 bits per heavy atom. The number of aryl methyl sites for hydroxylation is 2.